The normalized spacial score (nSPS) is 11.0. The van der Waals surface area contributed by atoms with Crippen LogP contribution in [0.25, 0.3) is 0 Å². The Labute approximate surface area is 118 Å². The third-order valence-corrected chi connectivity index (χ3v) is 2.47. The molecule has 2 heterocycles. The van der Waals surface area contributed by atoms with E-state index in [1.165, 1.54) is 19.2 Å². The average molecular weight is 299 g/mol. The van der Waals surface area contributed by atoms with E-state index >= 15 is 0 Å². The van der Waals surface area contributed by atoms with Crippen LogP contribution in [0.2, 0.25) is 0 Å². The van der Waals surface area contributed by atoms with Crippen LogP contribution in [0.15, 0.2) is 36.7 Å². The molecule has 0 aliphatic rings. The van der Waals surface area contributed by atoms with Crippen LogP contribution in [0.5, 0.6) is 11.6 Å². The Morgan fingerprint density at radius 1 is 1.19 bits per heavy atom. The summed E-state index contributed by atoms with van der Waals surface area (Å²) in [5, 5.41) is 2.96. The molecule has 0 bridgehead atoms. The number of anilines is 1. The molecule has 0 aliphatic heterocycles. The Morgan fingerprint density at radius 3 is 2.62 bits per heavy atom. The lowest BCUT2D eigenvalue weighted by Crippen LogP contribution is -2.17. The highest BCUT2D eigenvalue weighted by Gasteiger charge is 2.31. The molecule has 0 unspecified atom stereocenters. The van der Waals surface area contributed by atoms with E-state index in [2.05, 4.69) is 20.0 Å². The van der Waals surface area contributed by atoms with Crippen molar-refractivity contribution < 1.29 is 22.6 Å². The topological polar surface area (TPSA) is 56.3 Å². The maximum absolute atomic E-state index is 12.0. The predicted molar refractivity (Wildman–Crippen MR) is 69.0 cm³/mol. The molecule has 0 amide bonds. The summed E-state index contributed by atoms with van der Waals surface area (Å²) in [7, 11) is 1.51. The Morgan fingerprint density at radius 2 is 2.00 bits per heavy atom. The minimum atomic E-state index is -4.72. The summed E-state index contributed by atoms with van der Waals surface area (Å²) in [5.41, 5.74) is 0.803. The van der Waals surface area contributed by atoms with Crippen LogP contribution < -0.4 is 14.8 Å². The van der Waals surface area contributed by atoms with Gasteiger partial charge in [0.2, 0.25) is 5.88 Å². The molecule has 0 saturated carbocycles. The van der Waals surface area contributed by atoms with Gasteiger partial charge in [0.15, 0.2) is 0 Å². The number of pyridine rings is 2. The number of nitrogens with zero attached hydrogens (tertiary/aromatic N) is 2. The van der Waals surface area contributed by atoms with E-state index < -0.39 is 6.36 Å². The predicted octanol–water partition coefficient (Wildman–Crippen LogP) is 3.00. The van der Waals surface area contributed by atoms with Crippen LogP contribution in [0.1, 0.15) is 5.56 Å². The highest BCUT2D eigenvalue weighted by atomic mass is 19.4. The molecular formula is C13H12F3N3O2. The molecule has 0 radical (unpaired) electrons. The van der Waals surface area contributed by atoms with Crippen molar-refractivity contribution >= 4 is 5.82 Å². The molecule has 21 heavy (non-hydrogen) atoms. The van der Waals surface area contributed by atoms with Gasteiger partial charge in [-0.2, -0.15) is 0 Å². The largest absolute Gasteiger partial charge is 0.573 e. The first-order valence-corrected chi connectivity index (χ1v) is 5.91. The summed E-state index contributed by atoms with van der Waals surface area (Å²) >= 11 is 0. The van der Waals surface area contributed by atoms with Gasteiger partial charge in [0.05, 0.1) is 13.3 Å². The third-order valence-electron chi connectivity index (χ3n) is 2.47. The minimum Gasteiger partial charge on any atom is -0.481 e. The van der Waals surface area contributed by atoms with Crippen LogP contribution in [0.4, 0.5) is 19.0 Å². The first kappa shape index (κ1) is 14.9. The molecule has 0 aliphatic carbocycles. The second-order valence-corrected chi connectivity index (χ2v) is 3.95. The van der Waals surface area contributed by atoms with Gasteiger partial charge in [-0.1, -0.05) is 6.07 Å². The number of nitrogens with one attached hydrogen (secondary N) is 1. The van der Waals surface area contributed by atoms with Gasteiger partial charge >= 0.3 is 6.36 Å². The lowest BCUT2D eigenvalue weighted by molar-refractivity contribution is -0.274. The van der Waals surface area contributed by atoms with Gasteiger partial charge in [0.1, 0.15) is 11.6 Å². The van der Waals surface area contributed by atoms with Gasteiger partial charge in [0.25, 0.3) is 0 Å². The number of hydrogen-bond acceptors (Lipinski definition) is 5. The fourth-order valence-corrected chi connectivity index (χ4v) is 1.61. The third kappa shape index (κ3) is 4.51. The van der Waals surface area contributed by atoms with E-state index in [9.17, 15) is 13.2 Å². The summed E-state index contributed by atoms with van der Waals surface area (Å²) in [4.78, 5) is 7.87. The Bertz CT molecular complexity index is 588. The fraction of sp³-hybridized carbons (Fsp3) is 0.231. The smallest absolute Gasteiger partial charge is 0.481 e. The highest BCUT2D eigenvalue weighted by molar-refractivity contribution is 5.39. The molecule has 1 N–H and O–H groups in total. The molecule has 0 fully saturated rings. The zero-order chi connectivity index (χ0) is 15.3. The number of ether oxygens (including phenoxy) is 2. The van der Waals surface area contributed by atoms with Crippen LogP contribution >= 0.6 is 0 Å². The zero-order valence-corrected chi connectivity index (χ0v) is 11.0. The van der Waals surface area contributed by atoms with Crippen molar-refractivity contribution in [3.05, 3.63) is 42.2 Å². The van der Waals surface area contributed by atoms with E-state index in [0.29, 0.717) is 18.2 Å². The number of hydrogen-bond donors (Lipinski definition) is 1. The highest BCUT2D eigenvalue weighted by Crippen LogP contribution is 2.23. The lowest BCUT2D eigenvalue weighted by atomic mass is 10.2. The Balaban J connectivity index is 1.98. The second kappa shape index (κ2) is 6.29. The SMILES string of the molecule is COc1ncccc1CNc1ccc(OC(F)(F)F)cn1. The molecule has 112 valence electrons. The van der Waals surface area contributed by atoms with Crippen LogP contribution in [0.3, 0.4) is 0 Å². The van der Waals surface area contributed by atoms with Crippen molar-refractivity contribution in [1.29, 1.82) is 0 Å². The van der Waals surface area contributed by atoms with Crippen molar-refractivity contribution in [2.75, 3.05) is 12.4 Å². The average Bonchev–Trinajstić information content (AvgIpc) is 2.45. The van der Waals surface area contributed by atoms with Crippen molar-refractivity contribution in [1.82, 2.24) is 9.97 Å². The number of methoxy groups -OCH3 is 1. The minimum absolute atomic E-state index is 0.369. The number of rotatable bonds is 5. The van der Waals surface area contributed by atoms with Crippen molar-refractivity contribution in [3.63, 3.8) is 0 Å². The van der Waals surface area contributed by atoms with E-state index in [0.717, 1.165) is 11.8 Å². The first-order chi connectivity index (χ1) is 9.98. The number of halogens is 3. The quantitative estimate of drug-likeness (QED) is 0.919. The van der Waals surface area contributed by atoms with Crippen LogP contribution in [0, 0.1) is 0 Å². The van der Waals surface area contributed by atoms with E-state index in [1.807, 2.05) is 6.07 Å². The summed E-state index contributed by atoms with van der Waals surface area (Å²) in [5.74, 6) is 0.518. The zero-order valence-electron chi connectivity index (χ0n) is 11.0. The monoisotopic (exact) mass is 299 g/mol. The summed E-state index contributed by atoms with van der Waals surface area (Å²) in [6.07, 6.45) is -2.13. The standard InChI is InChI=1S/C13H12F3N3O2/c1-20-12-9(3-2-6-17-12)7-18-11-5-4-10(8-19-11)21-13(14,15)16/h2-6,8H,7H2,1H3,(H,18,19). The van der Waals surface area contributed by atoms with E-state index in [-0.39, 0.29) is 5.75 Å². The number of alkyl halides is 3. The molecule has 0 saturated heterocycles. The van der Waals surface area contributed by atoms with Gasteiger partial charge in [-0.05, 0) is 18.2 Å². The van der Waals surface area contributed by atoms with Gasteiger partial charge < -0.3 is 14.8 Å². The lowest BCUT2D eigenvalue weighted by Gasteiger charge is -2.10. The van der Waals surface area contributed by atoms with Crippen molar-refractivity contribution in [2.45, 2.75) is 12.9 Å². The summed E-state index contributed by atoms with van der Waals surface area (Å²) < 4.78 is 44.9. The molecule has 0 atom stereocenters. The van der Waals surface area contributed by atoms with Crippen LogP contribution in [-0.2, 0) is 6.54 Å². The second-order valence-electron chi connectivity index (χ2n) is 3.95. The van der Waals surface area contributed by atoms with Crippen molar-refractivity contribution in [2.24, 2.45) is 0 Å². The van der Waals surface area contributed by atoms with Gasteiger partial charge in [0, 0.05) is 18.3 Å². The first-order valence-electron chi connectivity index (χ1n) is 5.91. The van der Waals surface area contributed by atoms with Gasteiger partial charge in [-0.25, -0.2) is 9.97 Å². The molecule has 2 rings (SSSR count). The summed E-state index contributed by atoms with van der Waals surface area (Å²) in [6.45, 7) is 0.378. The fourth-order valence-electron chi connectivity index (χ4n) is 1.61. The molecule has 5 nitrogen and oxygen atoms in total. The maximum atomic E-state index is 12.0. The molecule has 2 aromatic heterocycles. The summed E-state index contributed by atoms with van der Waals surface area (Å²) in [6, 6.07) is 6.15. The van der Waals surface area contributed by atoms with Gasteiger partial charge in [-0.15, -0.1) is 13.2 Å². The van der Waals surface area contributed by atoms with Gasteiger partial charge in [-0.3, -0.25) is 0 Å². The van der Waals surface area contributed by atoms with E-state index in [4.69, 9.17) is 4.74 Å². The maximum Gasteiger partial charge on any atom is 0.573 e. The van der Waals surface area contributed by atoms with Crippen LogP contribution in [-0.4, -0.2) is 23.4 Å². The Kier molecular flexibility index (Phi) is 4.46. The molecule has 2 aromatic rings. The molecule has 0 aromatic carbocycles. The number of aromatic nitrogens is 2. The van der Waals surface area contributed by atoms with Crippen molar-refractivity contribution in [3.8, 4) is 11.6 Å². The molecule has 8 heteroatoms. The molecular weight excluding hydrogens is 287 g/mol. The molecule has 0 spiro atoms. The Hall–Kier alpha value is -2.51. The van der Waals surface area contributed by atoms with E-state index in [1.54, 1.807) is 12.3 Å².